The fourth-order valence-electron chi connectivity index (χ4n) is 2.51. The number of carbonyl (C=O) groups is 1. The first-order valence-electron chi connectivity index (χ1n) is 9.10. The predicted molar refractivity (Wildman–Crippen MR) is 107 cm³/mol. The number of benzene rings is 1. The van der Waals surface area contributed by atoms with Gasteiger partial charge >= 0.3 is 0 Å². The highest BCUT2D eigenvalue weighted by Gasteiger charge is 2.12. The number of anilines is 1. The second-order valence-corrected chi connectivity index (χ2v) is 8.05. The summed E-state index contributed by atoms with van der Waals surface area (Å²) in [6.45, 7) is 8.42. The summed E-state index contributed by atoms with van der Waals surface area (Å²) in [6, 6.07) is 8.27. The van der Waals surface area contributed by atoms with E-state index in [1.807, 2.05) is 26.0 Å². The van der Waals surface area contributed by atoms with Crippen molar-refractivity contribution in [2.24, 2.45) is 0 Å². The zero-order valence-corrected chi connectivity index (χ0v) is 16.8. The summed E-state index contributed by atoms with van der Waals surface area (Å²) < 4.78 is 5.79. The van der Waals surface area contributed by atoms with Crippen LogP contribution in [0.5, 0.6) is 0 Å². The van der Waals surface area contributed by atoms with Crippen molar-refractivity contribution in [2.75, 3.05) is 5.32 Å². The zero-order chi connectivity index (χ0) is 19.4. The molecule has 0 saturated heterocycles. The summed E-state index contributed by atoms with van der Waals surface area (Å²) in [7, 11) is 0. The van der Waals surface area contributed by atoms with E-state index >= 15 is 0 Å². The lowest BCUT2D eigenvalue weighted by atomic mass is 10.0. The molecule has 0 aliphatic rings. The molecule has 2 heterocycles. The Hall–Kier alpha value is -2.54. The van der Waals surface area contributed by atoms with Gasteiger partial charge in [0, 0.05) is 24.3 Å². The Morgan fingerprint density at radius 3 is 2.48 bits per heavy atom. The number of hydrogen-bond donors (Lipinski definition) is 1. The van der Waals surface area contributed by atoms with E-state index in [1.165, 1.54) is 16.9 Å². The Bertz CT molecular complexity index is 897. The normalized spacial score (nSPS) is 11.3. The van der Waals surface area contributed by atoms with Crippen molar-refractivity contribution in [2.45, 2.75) is 52.4 Å². The third-order valence-corrected chi connectivity index (χ3v) is 5.30. The lowest BCUT2D eigenvalue weighted by molar-refractivity contribution is -0.116. The van der Waals surface area contributed by atoms with Crippen molar-refractivity contribution in [1.82, 2.24) is 15.2 Å². The van der Waals surface area contributed by atoms with Crippen LogP contribution in [0.15, 0.2) is 34.9 Å². The van der Waals surface area contributed by atoms with Crippen LogP contribution in [-0.4, -0.2) is 21.1 Å². The van der Waals surface area contributed by atoms with Gasteiger partial charge in [-0.05, 0) is 11.5 Å². The number of aryl methyl sites for hydroxylation is 1. The number of oxazole rings is 1. The molecule has 1 N–H and O–H groups in total. The molecule has 7 heteroatoms. The number of aromatic nitrogens is 3. The molecule has 0 saturated carbocycles. The third kappa shape index (κ3) is 5.01. The summed E-state index contributed by atoms with van der Waals surface area (Å²) in [4.78, 5) is 16.4. The molecule has 0 bridgehead atoms. The molecular weight excluding hydrogens is 360 g/mol. The maximum Gasteiger partial charge on any atom is 0.226 e. The van der Waals surface area contributed by atoms with Gasteiger partial charge in [-0.15, -0.1) is 10.2 Å². The zero-order valence-electron chi connectivity index (χ0n) is 16.0. The SMILES string of the molecule is CC(C)c1ccc(-c2cnc(CCC(=O)Nc3nnc(C(C)C)s3)o2)cc1. The Morgan fingerprint density at radius 1 is 1.11 bits per heavy atom. The highest BCUT2D eigenvalue weighted by atomic mass is 32.1. The molecule has 2 aromatic heterocycles. The van der Waals surface area contributed by atoms with Crippen LogP contribution < -0.4 is 5.32 Å². The van der Waals surface area contributed by atoms with Gasteiger partial charge in [-0.2, -0.15) is 0 Å². The summed E-state index contributed by atoms with van der Waals surface area (Å²) in [5.41, 5.74) is 2.27. The van der Waals surface area contributed by atoms with E-state index in [1.54, 1.807) is 6.20 Å². The van der Waals surface area contributed by atoms with Crippen molar-refractivity contribution in [3.8, 4) is 11.3 Å². The fourth-order valence-corrected chi connectivity index (χ4v) is 3.27. The lowest BCUT2D eigenvalue weighted by Crippen LogP contribution is -2.12. The standard InChI is InChI=1S/C20H24N4O2S/c1-12(2)14-5-7-15(8-6-14)16-11-21-18(26-16)10-9-17(25)22-20-24-23-19(27-20)13(3)4/h5-8,11-13H,9-10H2,1-4H3,(H,22,24,25). The van der Waals surface area contributed by atoms with Gasteiger partial charge in [0.05, 0.1) is 6.20 Å². The van der Waals surface area contributed by atoms with Crippen molar-refractivity contribution in [3.63, 3.8) is 0 Å². The van der Waals surface area contributed by atoms with E-state index < -0.39 is 0 Å². The van der Waals surface area contributed by atoms with E-state index in [-0.39, 0.29) is 12.3 Å². The number of amides is 1. The van der Waals surface area contributed by atoms with E-state index in [0.717, 1.165) is 10.6 Å². The Labute approximate surface area is 163 Å². The van der Waals surface area contributed by atoms with Gasteiger partial charge in [-0.25, -0.2) is 4.98 Å². The topological polar surface area (TPSA) is 80.9 Å². The van der Waals surface area contributed by atoms with Gasteiger partial charge in [0.25, 0.3) is 0 Å². The maximum atomic E-state index is 12.1. The second kappa shape index (κ2) is 8.43. The van der Waals surface area contributed by atoms with E-state index in [0.29, 0.717) is 35.0 Å². The minimum absolute atomic E-state index is 0.123. The second-order valence-electron chi connectivity index (χ2n) is 7.04. The van der Waals surface area contributed by atoms with Crippen LogP contribution in [-0.2, 0) is 11.2 Å². The molecule has 0 spiro atoms. The molecule has 1 amide bonds. The Balaban J connectivity index is 1.55. The van der Waals surface area contributed by atoms with Gasteiger partial charge in [0.15, 0.2) is 11.7 Å². The monoisotopic (exact) mass is 384 g/mol. The summed E-state index contributed by atoms with van der Waals surface area (Å²) in [5.74, 6) is 1.93. The molecule has 0 atom stereocenters. The summed E-state index contributed by atoms with van der Waals surface area (Å²) in [5, 5.41) is 12.3. The molecule has 1 aromatic carbocycles. The number of nitrogens with one attached hydrogen (secondary N) is 1. The molecule has 0 unspecified atom stereocenters. The molecule has 0 radical (unpaired) electrons. The quantitative estimate of drug-likeness (QED) is 0.619. The van der Waals surface area contributed by atoms with Crippen LogP contribution in [0.25, 0.3) is 11.3 Å². The largest absolute Gasteiger partial charge is 0.441 e. The minimum atomic E-state index is -0.123. The average Bonchev–Trinajstić information content (AvgIpc) is 3.29. The first kappa shape index (κ1) is 19.2. The van der Waals surface area contributed by atoms with Crippen molar-refractivity contribution in [3.05, 3.63) is 46.9 Å². The van der Waals surface area contributed by atoms with Gasteiger partial charge in [0.2, 0.25) is 11.0 Å². The maximum absolute atomic E-state index is 12.1. The number of carbonyl (C=O) groups excluding carboxylic acids is 1. The Morgan fingerprint density at radius 2 is 1.85 bits per heavy atom. The first-order valence-corrected chi connectivity index (χ1v) is 9.92. The van der Waals surface area contributed by atoms with Crippen LogP contribution >= 0.6 is 11.3 Å². The van der Waals surface area contributed by atoms with E-state index in [4.69, 9.17) is 4.42 Å². The van der Waals surface area contributed by atoms with Crippen molar-refractivity contribution in [1.29, 1.82) is 0 Å². The molecule has 6 nitrogen and oxygen atoms in total. The lowest BCUT2D eigenvalue weighted by Gasteiger charge is -2.05. The minimum Gasteiger partial charge on any atom is -0.441 e. The first-order chi connectivity index (χ1) is 12.9. The van der Waals surface area contributed by atoms with Crippen LogP contribution in [0.1, 0.15) is 62.4 Å². The van der Waals surface area contributed by atoms with Crippen LogP contribution in [0.2, 0.25) is 0 Å². The number of nitrogens with zero attached hydrogens (tertiary/aromatic N) is 3. The van der Waals surface area contributed by atoms with Crippen LogP contribution in [0, 0.1) is 0 Å². The fraction of sp³-hybridized carbons (Fsp3) is 0.400. The summed E-state index contributed by atoms with van der Waals surface area (Å²) in [6.07, 6.45) is 2.42. The molecule has 3 rings (SSSR count). The summed E-state index contributed by atoms with van der Waals surface area (Å²) >= 11 is 1.40. The molecular formula is C20H24N4O2S. The molecule has 0 aliphatic carbocycles. The number of rotatable bonds is 7. The highest BCUT2D eigenvalue weighted by Crippen LogP contribution is 2.24. The molecule has 27 heavy (non-hydrogen) atoms. The smallest absolute Gasteiger partial charge is 0.226 e. The number of hydrogen-bond acceptors (Lipinski definition) is 6. The Kier molecular flexibility index (Phi) is 6.01. The third-order valence-electron chi connectivity index (χ3n) is 4.16. The van der Waals surface area contributed by atoms with Gasteiger partial charge in [-0.3, -0.25) is 4.79 Å². The van der Waals surface area contributed by atoms with E-state index in [2.05, 4.69) is 46.5 Å². The van der Waals surface area contributed by atoms with Crippen molar-refractivity contribution < 1.29 is 9.21 Å². The highest BCUT2D eigenvalue weighted by molar-refractivity contribution is 7.15. The predicted octanol–water partition coefficient (Wildman–Crippen LogP) is 5.01. The van der Waals surface area contributed by atoms with Crippen molar-refractivity contribution >= 4 is 22.4 Å². The van der Waals surface area contributed by atoms with Gasteiger partial charge in [-0.1, -0.05) is 63.3 Å². The van der Waals surface area contributed by atoms with Crippen LogP contribution in [0.3, 0.4) is 0 Å². The van der Waals surface area contributed by atoms with Gasteiger partial charge in [0.1, 0.15) is 5.01 Å². The molecule has 142 valence electrons. The van der Waals surface area contributed by atoms with E-state index in [9.17, 15) is 4.79 Å². The molecule has 0 fully saturated rings. The molecule has 0 aliphatic heterocycles. The average molecular weight is 385 g/mol. The molecule has 3 aromatic rings. The van der Waals surface area contributed by atoms with Crippen LogP contribution in [0.4, 0.5) is 5.13 Å². The van der Waals surface area contributed by atoms with Gasteiger partial charge < -0.3 is 9.73 Å².